The molecule has 8 aromatic rings. The van der Waals surface area contributed by atoms with Crippen LogP contribution >= 0.6 is 63.7 Å². The summed E-state index contributed by atoms with van der Waals surface area (Å²) >= 11 is 12.8. The molecule has 2 amide bonds. The van der Waals surface area contributed by atoms with Gasteiger partial charge in [-0.25, -0.2) is 44.7 Å². The summed E-state index contributed by atoms with van der Waals surface area (Å²) in [6, 6.07) is 29.3. The number of aryl methyl sites for hydroxylation is 2. The van der Waals surface area contributed by atoms with Crippen molar-refractivity contribution in [2.45, 2.75) is 93.0 Å². The standard InChI is InChI=1S/C18H24N4O.C18H26N4.C11H7Br2N3O.C6H4BrNO2.C5H5BrN2.CH4/c1-3-5-6-14-7-9-17(20-12-14)22-18(23)15-8-10-16(21-13-15)19-11-4-2;1-3-5-6-15-7-9-18(20-12-15)22-14-16-8-10-17(21-13-16)19-11-4-2;12-8-2-4-10(15-6-8)16-11(17)7-1-3-9(13)14-5-7;7-5-2-1-4(3-8-5)6(9)10;6-4-1-2-5(7)8-3-4;/h7-10,12-13H,3-6,11H2,1-2H3,(H,19,21)(H,20,22,23);7-10,12-13H,3-6,11,14H2,1-2H3,(H,19,21)(H,20,22);1-6H,(H,15,16,17);1-3H,(H,9,10);1-3H,(H2,7,8);1H4. The number of halogens is 4. The highest BCUT2D eigenvalue weighted by Crippen LogP contribution is 2.16. The van der Waals surface area contributed by atoms with Gasteiger partial charge in [0.25, 0.3) is 11.8 Å². The van der Waals surface area contributed by atoms with Gasteiger partial charge < -0.3 is 37.4 Å². The van der Waals surface area contributed by atoms with Crippen LogP contribution in [0.2, 0.25) is 0 Å². The number of nitrogens with two attached hydrogens (primary N) is 1. The van der Waals surface area contributed by atoms with E-state index in [1.807, 2.05) is 55.0 Å². The minimum absolute atomic E-state index is 0. The lowest BCUT2D eigenvalue weighted by Gasteiger charge is -2.08. The lowest BCUT2D eigenvalue weighted by atomic mass is 10.1. The Balaban J connectivity index is 0.000000277. The van der Waals surface area contributed by atoms with E-state index in [9.17, 15) is 14.4 Å². The van der Waals surface area contributed by atoms with Crippen LogP contribution in [0.4, 0.5) is 34.9 Å². The fraction of sp³-hybridized carbons (Fsp3) is 0.271. The number of carboxylic acid groups (broad SMARTS) is 1. The van der Waals surface area contributed by atoms with Crippen molar-refractivity contribution in [2.75, 3.05) is 45.4 Å². The summed E-state index contributed by atoms with van der Waals surface area (Å²) in [6.07, 6.45) is 22.4. The molecule has 0 saturated heterocycles. The van der Waals surface area contributed by atoms with Crippen LogP contribution in [0.15, 0.2) is 165 Å². The highest BCUT2D eigenvalue weighted by Gasteiger charge is 2.09. The maximum Gasteiger partial charge on any atom is 0.337 e. The number of pyridine rings is 8. The number of aromatic carboxylic acids is 1. The summed E-state index contributed by atoms with van der Waals surface area (Å²) < 4.78 is 3.14. The van der Waals surface area contributed by atoms with Crippen LogP contribution in [-0.4, -0.2) is 75.9 Å². The van der Waals surface area contributed by atoms with Crippen LogP contribution in [0, 0.1) is 0 Å². The number of hydrogen-bond donors (Lipinski definition) is 7. The SMILES string of the molecule is C.CCCCc1ccc(NC(=O)c2ccc(NCCC)nc2)nc1.CCCCc1ccc(NCc2ccc(NCCC)nc2)nc1.Nc1ccc(Br)cn1.O=C(Nc1ccc(Br)cn1)c1ccc(Br)nc1.O=C(O)c1ccc(Br)nc1. The molecular weight excluding hydrogens is 1290 g/mol. The van der Waals surface area contributed by atoms with E-state index in [1.165, 1.54) is 42.4 Å². The summed E-state index contributed by atoms with van der Waals surface area (Å²) in [5.41, 5.74) is 10.1. The maximum atomic E-state index is 12.2. The molecule has 8 rings (SSSR count). The van der Waals surface area contributed by atoms with E-state index in [4.69, 9.17) is 10.8 Å². The minimum atomic E-state index is -0.958. The number of anilines is 6. The zero-order valence-corrected chi connectivity index (χ0v) is 51.3. The third-order valence-electron chi connectivity index (χ3n) is 10.6. The number of carboxylic acids is 1. The van der Waals surface area contributed by atoms with Gasteiger partial charge in [0.15, 0.2) is 0 Å². The molecule has 8 aromatic heterocycles. The van der Waals surface area contributed by atoms with E-state index >= 15 is 0 Å². The van der Waals surface area contributed by atoms with Gasteiger partial charge in [-0.05, 0) is 198 Å². The van der Waals surface area contributed by atoms with Crippen LogP contribution in [0.3, 0.4) is 0 Å². The average molecular weight is 1360 g/mol. The summed E-state index contributed by atoms with van der Waals surface area (Å²) in [5, 5.41) is 23.7. The molecule has 8 N–H and O–H groups in total. The molecule has 0 atom stereocenters. The van der Waals surface area contributed by atoms with Crippen molar-refractivity contribution in [3.8, 4) is 0 Å². The summed E-state index contributed by atoms with van der Waals surface area (Å²) in [5.74, 6) is 2.84. The molecule has 18 nitrogen and oxygen atoms in total. The predicted octanol–water partition coefficient (Wildman–Crippen LogP) is 15.0. The van der Waals surface area contributed by atoms with Crippen molar-refractivity contribution in [3.63, 3.8) is 0 Å². The molecule has 0 aliphatic carbocycles. The van der Waals surface area contributed by atoms with Gasteiger partial charge in [0, 0.05) is 78.2 Å². The fourth-order valence-electron chi connectivity index (χ4n) is 6.28. The Morgan fingerprint density at radius 2 is 0.827 bits per heavy atom. The molecule has 428 valence electrons. The molecule has 0 aliphatic heterocycles. The van der Waals surface area contributed by atoms with Gasteiger partial charge in [0.1, 0.15) is 44.1 Å². The summed E-state index contributed by atoms with van der Waals surface area (Å²) in [6.45, 7) is 11.2. The highest BCUT2D eigenvalue weighted by atomic mass is 79.9. The van der Waals surface area contributed by atoms with E-state index in [2.05, 4.69) is 176 Å². The van der Waals surface area contributed by atoms with Gasteiger partial charge >= 0.3 is 5.97 Å². The van der Waals surface area contributed by atoms with Crippen molar-refractivity contribution >= 4 is 116 Å². The van der Waals surface area contributed by atoms with Crippen molar-refractivity contribution < 1.29 is 19.5 Å². The van der Waals surface area contributed by atoms with E-state index in [0.29, 0.717) is 37.8 Å². The van der Waals surface area contributed by atoms with E-state index < -0.39 is 5.97 Å². The van der Waals surface area contributed by atoms with E-state index in [0.717, 1.165) is 90.1 Å². The van der Waals surface area contributed by atoms with Crippen molar-refractivity contribution in [2.24, 2.45) is 0 Å². The van der Waals surface area contributed by atoms with Crippen LogP contribution in [0.1, 0.15) is 121 Å². The van der Waals surface area contributed by atoms with Crippen LogP contribution in [-0.2, 0) is 19.4 Å². The minimum Gasteiger partial charge on any atom is -0.478 e. The number of nitrogen functional groups attached to an aromatic ring is 1. The predicted molar refractivity (Wildman–Crippen MR) is 341 cm³/mol. The fourth-order valence-corrected chi connectivity index (χ4v) is 7.21. The monoisotopic (exact) mass is 1350 g/mol. The molecule has 8 heterocycles. The third kappa shape index (κ3) is 28.1. The Morgan fingerprint density at radius 3 is 1.20 bits per heavy atom. The first-order chi connectivity index (χ1) is 38.7. The molecule has 0 aliphatic rings. The normalized spacial score (nSPS) is 9.93. The molecule has 0 aromatic carbocycles. The number of amides is 2. The average Bonchev–Trinajstić information content (AvgIpc) is 3.48. The first-order valence-electron chi connectivity index (χ1n) is 25.8. The number of nitrogens with one attached hydrogen (secondary N) is 5. The molecule has 0 unspecified atom stereocenters. The Hall–Kier alpha value is -7.27. The lowest BCUT2D eigenvalue weighted by Crippen LogP contribution is -2.13. The number of unbranched alkanes of at least 4 members (excludes halogenated alkanes) is 2. The highest BCUT2D eigenvalue weighted by molar-refractivity contribution is 9.11. The Kier molecular flexibility index (Phi) is 32.9. The van der Waals surface area contributed by atoms with E-state index in [1.54, 1.807) is 55.0 Å². The molecule has 0 spiro atoms. The molecule has 0 fully saturated rings. The number of hydrogen-bond acceptors (Lipinski definition) is 15. The third-order valence-corrected chi connectivity index (χ3v) is 12.5. The molecular formula is C59H70Br4N14O4. The second-order valence-electron chi connectivity index (χ2n) is 17.2. The second-order valence-corrected chi connectivity index (χ2v) is 20.7. The molecule has 22 heteroatoms. The van der Waals surface area contributed by atoms with Crippen molar-refractivity contribution in [3.05, 3.63) is 198 Å². The Morgan fingerprint density at radius 1 is 0.432 bits per heavy atom. The molecule has 0 bridgehead atoms. The van der Waals surface area contributed by atoms with Gasteiger partial charge in [0.05, 0.1) is 16.7 Å². The van der Waals surface area contributed by atoms with Crippen LogP contribution in [0.25, 0.3) is 0 Å². The Labute approximate surface area is 508 Å². The van der Waals surface area contributed by atoms with Crippen molar-refractivity contribution in [1.82, 2.24) is 39.9 Å². The van der Waals surface area contributed by atoms with Crippen LogP contribution < -0.4 is 32.3 Å². The van der Waals surface area contributed by atoms with Gasteiger partial charge in [-0.2, -0.15) is 0 Å². The van der Waals surface area contributed by atoms with Gasteiger partial charge in [-0.15, -0.1) is 0 Å². The number of carbonyl (C=O) groups is 3. The quantitative estimate of drug-likeness (QED) is 0.0350. The second kappa shape index (κ2) is 39.2. The van der Waals surface area contributed by atoms with E-state index in [-0.39, 0.29) is 24.8 Å². The lowest BCUT2D eigenvalue weighted by molar-refractivity contribution is 0.0695. The molecule has 0 radical (unpaired) electrons. The zero-order valence-electron chi connectivity index (χ0n) is 45.0. The largest absolute Gasteiger partial charge is 0.478 e. The number of carbonyl (C=O) groups excluding carboxylic acids is 2. The number of nitrogens with zero attached hydrogens (tertiary/aromatic N) is 8. The smallest absolute Gasteiger partial charge is 0.337 e. The van der Waals surface area contributed by atoms with Gasteiger partial charge in [-0.1, -0.05) is 66.2 Å². The molecule has 81 heavy (non-hydrogen) atoms. The first kappa shape index (κ1) is 68.0. The van der Waals surface area contributed by atoms with Crippen LogP contribution in [0.5, 0.6) is 0 Å². The number of aromatic nitrogens is 8. The van der Waals surface area contributed by atoms with Gasteiger partial charge in [0.2, 0.25) is 0 Å². The number of rotatable bonds is 20. The van der Waals surface area contributed by atoms with Gasteiger partial charge in [-0.3, -0.25) is 9.59 Å². The zero-order chi connectivity index (χ0) is 57.9. The topological polar surface area (TPSA) is 261 Å². The first-order valence-corrected chi connectivity index (χ1v) is 29.0. The van der Waals surface area contributed by atoms with Crippen molar-refractivity contribution in [1.29, 1.82) is 0 Å². The molecule has 0 saturated carbocycles. The summed E-state index contributed by atoms with van der Waals surface area (Å²) in [4.78, 5) is 67.2. The summed E-state index contributed by atoms with van der Waals surface area (Å²) in [7, 11) is 0. The maximum absolute atomic E-state index is 12.2. The Bertz CT molecular complexity index is 2950.